The third kappa shape index (κ3) is 10.2. The lowest BCUT2D eigenvalue weighted by Gasteiger charge is -2.21. The van der Waals surface area contributed by atoms with Crippen LogP contribution in [0.4, 0.5) is 9.59 Å². The molecule has 3 aromatic heterocycles. The molecular formula is C42H35N5O8S2. The molecule has 2 aliphatic heterocycles. The molecule has 0 atom stereocenters. The number of rotatable bonds is 9. The Morgan fingerprint density at radius 1 is 0.754 bits per heavy atom. The highest BCUT2D eigenvalue weighted by molar-refractivity contribution is 8.18. The van der Waals surface area contributed by atoms with Crippen molar-refractivity contribution in [2.75, 3.05) is 0 Å². The van der Waals surface area contributed by atoms with Crippen LogP contribution in [0.2, 0.25) is 0 Å². The summed E-state index contributed by atoms with van der Waals surface area (Å²) in [4.78, 5) is 75.0. The molecule has 1 saturated carbocycles. The van der Waals surface area contributed by atoms with Gasteiger partial charge in [-0.2, -0.15) is 0 Å². The molecule has 15 heteroatoms. The first-order valence-corrected chi connectivity index (χ1v) is 19.7. The van der Waals surface area contributed by atoms with E-state index in [9.17, 15) is 28.8 Å². The average molecular weight is 802 g/mol. The Bertz CT molecular complexity index is 2510. The zero-order valence-electron chi connectivity index (χ0n) is 30.2. The summed E-state index contributed by atoms with van der Waals surface area (Å²) < 4.78 is 11.1. The van der Waals surface area contributed by atoms with Crippen LogP contribution in [0.5, 0.6) is 0 Å². The van der Waals surface area contributed by atoms with E-state index in [1.165, 1.54) is 31.4 Å². The molecule has 0 unspecified atom stereocenters. The Morgan fingerprint density at radius 3 is 1.82 bits per heavy atom. The summed E-state index contributed by atoms with van der Waals surface area (Å²) in [7, 11) is 0. The first kappa shape index (κ1) is 38.8. The van der Waals surface area contributed by atoms with Gasteiger partial charge >= 0.3 is 0 Å². The fraction of sp³-hybridized carbons (Fsp3) is 0.167. The molecular weight excluding hydrogens is 767 g/mol. The lowest BCUT2D eigenvalue weighted by atomic mass is 9.95. The molecule has 3 fully saturated rings. The maximum absolute atomic E-state index is 12.2. The van der Waals surface area contributed by atoms with Gasteiger partial charge in [0.1, 0.15) is 11.2 Å². The minimum atomic E-state index is -0.405. The largest absolute Gasteiger partial charge is 0.464 e. The van der Waals surface area contributed by atoms with Gasteiger partial charge in [0, 0.05) is 59.0 Å². The quantitative estimate of drug-likeness (QED) is 0.107. The number of nitrogens with zero attached hydrogens (tertiary/aromatic N) is 1. The Labute approximate surface area is 334 Å². The third-order valence-corrected chi connectivity index (χ3v) is 10.7. The average Bonchev–Trinajstić information content (AvgIpc) is 3.97. The Balaban J connectivity index is 0.000000174. The number of fused-ring (bicyclic) bond motifs is 2. The number of hydrogen-bond acceptors (Lipinski definition) is 11. The van der Waals surface area contributed by atoms with E-state index in [4.69, 9.17) is 8.83 Å². The summed E-state index contributed by atoms with van der Waals surface area (Å²) in [5, 5.41) is 11.2. The van der Waals surface area contributed by atoms with Crippen molar-refractivity contribution in [1.82, 2.24) is 26.3 Å². The zero-order valence-corrected chi connectivity index (χ0v) is 31.9. The van der Waals surface area contributed by atoms with Crippen molar-refractivity contribution in [2.24, 2.45) is 0 Å². The molecule has 288 valence electrons. The Hall–Kier alpha value is -6.45. The van der Waals surface area contributed by atoms with Gasteiger partial charge in [-0.1, -0.05) is 37.5 Å². The van der Waals surface area contributed by atoms with Crippen LogP contribution in [0.25, 0.3) is 46.2 Å². The molecule has 0 spiro atoms. The topological polar surface area (TPSA) is 190 Å². The van der Waals surface area contributed by atoms with Crippen LogP contribution in [-0.2, 0) is 25.7 Å². The second-order valence-corrected chi connectivity index (χ2v) is 15.2. The number of benzene rings is 2. The highest BCUT2D eigenvalue weighted by Crippen LogP contribution is 2.30. The van der Waals surface area contributed by atoms with Gasteiger partial charge in [0.25, 0.3) is 22.3 Å². The van der Waals surface area contributed by atoms with Crippen molar-refractivity contribution < 1.29 is 37.6 Å². The van der Waals surface area contributed by atoms with E-state index in [1.807, 2.05) is 30.3 Å². The first-order valence-electron chi connectivity index (χ1n) is 18.0. The molecule has 1 aliphatic carbocycles. The molecule has 2 saturated heterocycles. The van der Waals surface area contributed by atoms with Crippen molar-refractivity contribution in [1.29, 1.82) is 0 Å². The van der Waals surface area contributed by atoms with Gasteiger partial charge < -0.3 is 19.5 Å². The molecule has 8 rings (SSSR count). The van der Waals surface area contributed by atoms with Crippen LogP contribution < -0.4 is 21.3 Å². The van der Waals surface area contributed by atoms with Crippen LogP contribution in [0.3, 0.4) is 0 Å². The summed E-state index contributed by atoms with van der Waals surface area (Å²) in [6.45, 7) is 0.388. The molecule has 0 bridgehead atoms. The van der Waals surface area contributed by atoms with Gasteiger partial charge in [0.15, 0.2) is 0 Å². The van der Waals surface area contributed by atoms with Crippen molar-refractivity contribution >= 4 is 104 Å². The van der Waals surface area contributed by atoms with Crippen molar-refractivity contribution in [3.8, 4) is 0 Å². The number of aromatic nitrogens is 1. The maximum Gasteiger partial charge on any atom is 0.290 e. The molecule has 3 aliphatic rings. The summed E-state index contributed by atoms with van der Waals surface area (Å²) in [5.74, 6) is -1.13. The summed E-state index contributed by atoms with van der Waals surface area (Å²) in [5.41, 5.74) is 5.30. The van der Waals surface area contributed by atoms with Crippen molar-refractivity contribution in [3.05, 3.63) is 123 Å². The lowest BCUT2D eigenvalue weighted by molar-refractivity contribution is -0.117. The molecule has 5 heterocycles. The number of amides is 6. The maximum atomic E-state index is 12.2. The molecule has 13 nitrogen and oxygen atoms in total. The number of carbonyl (C=O) groups excluding carboxylic acids is 6. The number of imide groups is 2. The van der Waals surface area contributed by atoms with Crippen LogP contribution in [0.15, 0.2) is 104 Å². The van der Waals surface area contributed by atoms with Gasteiger partial charge in [-0.3, -0.25) is 44.4 Å². The monoisotopic (exact) mass is 801 g/mol. The van der Waals surface area contributed by atoms with Gasteiger partial charge in [0.2, 0.25) is 11.8 Å². The second-order valence-electron chi connectivity index (χ2n) is 13.2. The molecule has 4 N–H and O–H groups in total. The van der Waals surface area contributed by atoms with E-state index in [-0.39, 0.29) is 34.2 Å². The third-order valence-electron chi connectivity index (χ3n) is 9.10. The number of pyridine rings is 1. The summed E-state index contributed by atoms with van der Waals surface area (Å²) >= 11 is 1.75. The van der Waals surface area contributed by atoms with E-state index in [0.29, 0.717) is 27.5 Å². The van der Waals surface area contributed by atoms with Gasteiger partial charge in [-0.25, -0.2) is 0 Å². The number of furan rings is 2. The summed E-state index contributed by atoms with van der Waals surface area (Å²) in [6, 6.07) is 14.9. The van der Waals surface area contributed by atoms with E-state index < -0.39 is 5.91 Å². The minimum Gasteiger partial charge on any atom is -0.464 e. The smallest absolute Gasteiger partial charge is 0.290 e. The normalized spacial score (nSPS) is 17.5. The molecule has 5 aromatic rings. The number of hydrogen-bond donors (Lipinski definition) is 4. The fourth-order valence-corrected chi connectivity index (χ4v) is 7.66. The predicted octanol–water partition coefficient (Wildman–Crippen LogP) is 7.70. The standard InChI is InChI=1S/C21H15N3O4S.C21H20N2O4S/c25-19(23-11-14-2-1-7-22-10-14)6-4-15-12-28-17-5-3-13(8-16(15)17)9-18-20(26)24-21(27)29-18;24-19(22-15-4-2-1-3-5-15)9-7-14-12-27-17-8-6-13(10-16(14)17)11-18-20(25)23-21(26)28-18/h1-10,12H,11H2,(H,23,25)(H,24,26,27);6-12,15H,1-5H2,(H,22,24)(H,23,25,26). The van der Waals surface area contributed by atoms with Gasteiger partial charge in [-0.15, -0.1) is 0 Å². The van der Waals surface area contributed by atoms with E-state index >= 15 is 0 Å². The molecule has 2 aromatic carbocycles. The van der Waals surface area contributed by atoms with Crippen molar-refractivity contribution in [3.63, 3.8) is 0 Å². The van der Waals surface area contributed by atoms with Gasteiger partial charge in [-0.05, 0) is 108 Å². The number of nitrogens with one attached hydrogen (secondary N) is 4. The van der Waals surface area contributed by atoms with Crippen LogP contribution in [0, 0.1) is 0 Å². The summed E-state index contributed by atoms with van der Waals surface area (Å²) in [6.07, 6.45) is 21.9. The number of carbonyl (C=O) groups is 6. The SMILES string of the molecule is O=C(C=Cc1coc2ccc(C=C3SC(=O)NC3=O)cc12)NC1CCCCC1.O=C(C=Cc1coc2ccc(C=C3SC(=O)NC3=O)cc12)NCc1cccnc1. The lowest BCUT2D eigenvalue weighted by Crippen LogP contribution is -2.34. The zero-order chi connectivity index (χ0) is 39.7. The van der Waals surface area contributed by atoms with Crippen LogP contribution in [0.1, 0.15) is 59.9 Å². The Morgan fingerprint density at radius 2 is 1.32 bits per heavy atom. The molecule has 57 heavy (non-hydrogen) atoms. The van der Waals surface area contributed by atoms with E-state index in [2.05, 4.69) is 26.3 Å². The number of thioether (sulfide) groups is 2. The van der Waals surface area contributed by atoms with Crippen LogP contribution >= 0.6 is 23.5 Å². The highest BCUT2D eigenvalue weighted by atomic mass is 32.2. The van der Waals surface area contributed by atoms with Gasteiger partial charge in [0.05, 0.1) is 22.3 Å². The first-order chi connectivity index (χ1) is 27.7. The van der Waals surface area contributed by atoms with E-state index in [1.54, 1.807) is 67.4 Å². The molecule has 6 amide bonds. The van der Waals surface area contributed by atoms with E-state index in [0.717, 1.165) is 75.0 Å². The molecule has 0 radical (unpaired) electrons. The predicted molar refractivity (Wildman–Crippen MR) is 220 cm³/mol. The van der Waals surface area contributed by atoms with Crippen molar-refractivity contribution in [2.45, 2.75) is 44.7 Å². The Kier molecular flexibility index (Phi) is 12.3. The minimum absolute atomic E-state index is 0.0999. The van der Waals surface area contributed by atoms with Crippen LogP contribution in [-0.4, -0.2) is 45.1 Å². The second kappa shape index (κ2) is 18.0. The highest BCUT2D eigenvalue weighted by Gasteiger charge is 2.26. The fourth-order valence-electron chi connectivity index (χ4n) is 6.29.